The lowest BCUT2D eigenvalue weighted by molar-refractivity contribution is -0.131. The second-order valence-corrected chi connectivity index (χ2v) is 15.2. The molecule has 282 valence electrons. The topological polar surface area (TPSA) is 163 Å². The molecule has 2 atom stereocenters. The van der Waals surface area contributed by atoms with E-state index in [9.17, 15) is 19.2 Å². The van der Waals surface area contributed by atoms with Crippen molar-refractivity contribution < 1.29 is 33.9 Å². The minimum Gasteiger partial charge on any atom is -0.444 e. The molecule has 0 bridgehead atoms. The summed E-state index contributed by atoms with van der Waals surface area (Å²) in [5.74, 6) is -0.330. The summed E-state index contributed by atoms with van der Waals surface area (Å²) in [4.78, 5) is 59.6. The zero-order chi connectivity index (χ0) is 39.1. The van der Waals surface area contributed by atoms with Gasteiger partial charge in [-0.15, -0.1) is 0 Å². The number of carbonyl (C=O) groups is 4. The summed E-state index contributed by atoms with van der Waals surface area (Å²) in [5, 5.41) is 12.1. The first-order valence-electron chi connectivity index (χ1n) is 17.2. The molecule has 3 N–H and O–H groups in total. The summed E-state index contributed by atoms with van der Waals surface area (Å²) in [6, 6.07) is 10.5. The predicted octanol–water partition coefficient (Wildman–Crippen LogP) is 5.64. The van der Waals surface area contributed by atoms with Gasteiger partial charge in [0.05, 0.1) is 18.7 Å². The lowest BCUT2D eigenvalue weighted by atomic mass is 10.0. The lowest BCUT2D eigenvalue weighted by Gasteiger charge is -2.32. The number of likely N-dealkylation sites (N-methyl/N-ethyl adjacent to an activating group) is 2. The maximum absolute atomic E-state index is 12.8. The Labute approximate surface area is 306 Å². The van der Waals surface area contributed by atoms with E-state index in [1.54, 1.807) is 87.9 Å². The van der Waals surface area contributed by atoms with Crippen molar-refractivity contribution in [2.75, 3.05) is 41.3 Å². The lowest BCUT2D eigenvalue weighted by Crippen LogP contribution is -2.44. The minimum absolute atomic E-state index is 0.0284. The number of oxime groups is 1. The monoisotopic (exact) mass is 719 g/mol. The van der Waals surface area contributed by atoms with Crippen LogP contribution < -0.4 is 5.73 Å². The molecule has 2 aromatic rings. The van der Waals surface area contributed by atoms with Crippen LogP contribution in [0.5, 0.6) is 0 Å². The Bertz CT molecular complexity index is 1720. The molecule has 52 heavy (non-hydrogen) atoms. The van der Waals surface area contributed by atoms with E-state index in [2.05, 4.69) is 10.0 Å². The van der Waals surface area contributed by atoms with Gasteiger partial charge in [0.15, 0.2) is 11.5 Å². The smallest absolute Gasteiger partial charge is 0.411 e. The van der Waals surface area contributed by atoms with Gasteiger partial charge in [-0.25, -0.2) is 14.4 Å². The van der Waals surface area contributed by atoms with Gasteiger partial charge in [-0.1, -0.05) is 41.6 Å². The first-order valence-corrected chi connectivity index (χ1v) is 17.2. The summed E-state index contributed by atoms with van der Waals surface area (Å²) in [5.41, 5.74) is 9.43. The number of amides is 4. The zero-order valence-electron chi connectivity index (χ0n) is 32.0. The molecule has 0 fully saturated rings. The second-order valence-electron chi connectivity index (χ2n) is 15.2. The van der Waals surface area contributed by atoms with E-state index < -0.39 is 23.4 Å². The Balaban J connectivity index is 0.000000281. The molecular weight excluding hydrogens is 666 g/mol. The van der Waals surface area contributed by atoms with Crippen molar-refractivity contribution in [3.05, 3.63) is 75.6 Å². The molecule has 4 amide bonds. The Hall–Kier alpha value is -5.32. The van der Waals surface area contributed by atoms with Crippen LogP contribution >= 0.6 is 0 Å². The van der Waals surface area contributed by atoms with Crippen molar-refractivity contribution in [1.82, 2.24) is 19.6 Å². The number of ether oxygens (including phenoxy) is 2. The summed E-state index contributed by atoms with van der Waals surface area (Å²) < 4.78 is 11.1. The number of benzene rings is 2. The van der Waals surface area contributed by atoms with E-state index in [1.165, 1.54) is 19.6 Å². The molecule has 0 spiro atoms. The van der Waals surface area contributed by atoms with E-state index in [4.69, 9.17) is 27.0 Å². The molecule has 2 aromatic carbocycles. The second kappa shape index (κ2) is 16.8. The average molecular weight is 720 g/mol. The van der Waals surface area contributed by atoms with Crippen LogP contribution in [0.1, 0.15) is 94.3 Å². The number of rotatable bonds is 7. The average Bonchev–Trinajstić information content (AvgIpc) is 3.68. The van der Waals surface area contributed by atoms with Crippen LogP contribution in [0.4, 0.5) is 15.3 Å². The first kappa shape index (κ1) is 41.1. The fourth-order valence-corrected chi connectivity index (χ4v) is 6.11. The van der Waals surface area contributed by atoms with Gasteiger partial charge in [-0.05, 0) is 89.5 Å². The standard InChI is InChI=1S/C19H28N4O4.C19H25N3O3/c1-19(2,3)27-18(25)23(11-16(24)22(4)5)15-10-9-12-13(15)7-6-8-14(12)17(20)21-26;1-19(2,3)25-18(24)22(12-17(23)21(5)6)16-11-10-13-14(16)8-7-9-15(13)20-4/h6-8,15,26H,9-11H2,1-5H3,(H2,20,21);7-9,16H,10-12H2,1-3,5-6H3/t15-;16-/m00/s1. The van der Waals surface area contributed by atoms with Gasteiger partial charge in [-0.2, -0.15) is 0 Å². The van der Waals surface area contributed by atoms with E-state index in [0.717, 1.165) is 22.3 Å². The van der Waals surface area contributed by atoms with Crippen LogP contribution in [-0.4, -0.2) is 107 Å². The Morgan fingerprint density at radius 3 is 1.62 bits per heavy atom. The van der Waals surface area contributed by atoms with Gasteiger partial charge in [-0.3, -0.25) is 19.4 Å². The number of hydrogen-bond acceptors (Lipinski definition) is 8. The highest BCUT2D eigenvalue weighted by molar-refractivity contribution is 5.99. The fraction of sp³-hybridized carbons (Fsp3) is 0.526. The summed E-state index contributed by atoms with van der Waals surface area (Å²) in [6.07, 6.45) is 1.64. The zero-order valence-corrected chi connectivity index (χ0v) is 32.0. The molecule has 0 aromatic heterocycles. The van der Waals surface area contributed by atoms with E-state index in [0.29, 0.717) is 36.9 Å². The summed E-state index contributed by atoms with van der Waals surface area (Å²) >= 11 is 0. The molecule has 2 aliphatic carbocycles. The summed E-state index contributed by atoms with van der Waals surface area (Å²) in [6.45, 7) is 18.0. The molecule has 0 saturated carbocycles. The quantitative estimate of drug-likeness (QED) is 0.122. The molecule has 0 saturated heterocycles. The number of nitrogens with two attached hydrogens (primary N) is 1. The van der Waals surface area contributed by atoms with E-state index in [1.807, 2.05) is 18.2 Å². The Morgan fingerprint density at radius 2 is 1.21 bits per heavy atom. The molecule has 14 nitrogen and oxygen atoms in total. The largest absolute Gasteiger partial charge is 0.444 e. The van der Waals surface area contributed by atoms with Crippen LogP contribution in [-0.2, 0) is 31.9 Å². The number of hydrogen-bond donors (Lipinski definition) is 2. The van der Waals surface area contributed by atoms with Crippen LogP contribution in [0.2, 0.25) is 0 Å². The minimum atomic E-state index is -0.673. The molecule has 0 unspecified atom stereocenters. The third-order valence-corrected chi connectivity index (χ3v) is 8.57. The third kappa shape index (κ3) is 10.4. The maximum Gasteiger partial charge on any atom is 0.411 e. The normalized spacial score (nSPS) is 16.3. The number of fused-ring (bicyclic) bond motifs is 2. The van der Waals surface area contributed by atoms with Gasteiger partial charge in [0.1, 0.15) is 24.3 Å². The molecule has 4 rings (SSSR count). The molecule has 14 heteroatoms. The SMILES string of the molecule is CN(C)C(=O)CN(C(=O)OC(C)(C)C)[C@H]1CCc2c(C(N)=NO)cccc21.[C-]#[N+]c1cccc2c1CC[C@@H]2N(CC(=O)N(C)C)C(=O)OC(C)(C)C. The fourth-order valence-electron chi connectivity index (χ4n) is 6.11. The van der Waals surface area contributed by atoms with Crippen LogP contribution in [0.3, 0.4) is 0 Å². The van der Waals surface area contributed by atoms with Crippen molar-refractivity contribution in [3.63, 3.8) is 0 Å². The molecule has 0 aliphatic heterocycles. The predicted molar refractivity (Wildman–Crippen MR) is 197 cm³/mol. The van der Waals surface area contributed by atoms with E-state index >= 15 is 0 Å². The first-order chi connectivity index (χ1) is 24.2. The van der Waals surface area contributed by atoms with Crippen molar-refractivity contribution in [1.29, 1.82) is 0 Å². The highest BCUT2D eigenvalue weighted by atomic mass is 16.6. The van der Waals surface area contributed by atoms with Gasteiger partial charge >= 0.3 is 12.2 Å². The van der Waals surface area contributed by atoms with Crippen molar-refractivity contribution in [2.45, 2.75) is 90.5 Å². The Morgan fingerprint density at radius 1 is 0.788 bits per heavy atom. The van der Waals surface area contributed by atoms with Gasteiger partial charge in [0.2, 0.25) is 11.8 Å². The van der Waals surface area contributed by atoms with E-state index in [-0.39, 0.29) is 42.8 Å². The Kier molecular flexibility index (Phi) is 13.3. The van der Waals surface area contributed by atoms with Gasteiger partial charge in [0.25, 0.3) is 0 Å². The molecular formula is C38H53N7O7. The highest BCUT2D eigenvalue weighted by Crippen LogP contribution is 2.41. The highest BCUT2D eigenvalue weighted by Gasteiger charge is 2.37. The maximum atomic E-state index is 12.8. The summed E-state index contributed by atoms with van der Waals surface area (Å²) in [7, 11) is 6.62. The molecule has 2 aliphatic rings. The van der Waals surface area contributed by atoms with Crippen molar-refractivity contribution in [2.24, 2.45) is 10.9 Å². The molecule has 0 radical (unpaired) electrons. The van der Waals surface area contributed by atoms with Crippen LogP contribution in [0, 0.1) is 6.57 Å². The number of amidine groups is 1. The van der Waals surface area contributed by atoms with Gasteiger partial charge in [0, 0.05) is 33.8 Å². The third-order valence-electron chi connectivity index (χ3n) is 8.57. The number of carbonyl (C=O) groups excluding carboxylic acids is 4. The number of nitrogens with zero attached hydrogens (tertiary/aromatic N) is 6. The molecule has 0 heterocycles. The van der Waals surface area contributed by atoms with Crippen molar-refractivity contribution in [3.8, 4) is 0 Å². The van der Waals surface area contributed by atoms with Crippen LogP contribution in [0.25, 0.3) is 4.85 Å². The van der Waals surface area contributed by atoms with Gasteiger partial charge < -0.3 is 30.2 Å². The van der Waals surface area contributed by atoms with Crippen LogP contribution in [0.15, 0.2) is 41.6 Å². The van der Waals surface area contributed by atoms with Crippen molar-refractivity contribution >= 4 is 35.5 Å².